The molecule has 1 aliphatic heterocycles. The number of rotatable bonds is 1. The van der Waals surface area contributed by atoms with Gasteiger partial charge in [0.1, 0.15) is 0 Å². The second kappa shape index (κ2) is 2.56. The van der Waals surface area contributed by atoms with Crippen LogP contribution in [0.1, 0.15) is 19.8 Å². The van der Waals surface area contributed by atoms with Crippen LogP contribution >= 0.6 is 12.2 Å². The van der Waals surface area contributed by atoms with E-state index in [9.17, 15) is 0 Å². The van der Waals surface area contributed by atoms with Crippen LogP contribution in [0.4, 0.5) is 0 Å². The third kappa shape index (κ3) is 1.58. The van der Waals surface area contributed by atoms with Gasteiger partial charge in [-0.1, -0.05) is 0 Å². The van der Waals surface area contributed by atoms with E-state index in [1.54, 1.807) is 0 Å². The van der Waals surface area contributed by atoms with E-state index in [-0.39, 0.29) is 5.72 Å². The zero-order chi connectivity index (χ0) is 6.74. The van der Waals surface area contributed by atoms with Crippen LogP contribution in [0.5, 0.6) is 0 Å². The predicted octanol–water partition coefficient (Wildman–Crippen LogP) is 1.62. The summed E-state index contributed by atoms with van der Waals surface area (Å²) in [5, 5.41) is 2.33. The van der Waals surface area contributed by atoms with Crippen molar-refractivity contribution in [2.45, 2.75) is 25.5 Å². The Bertz CT molecular complexity index is 145. The number of hydrogen-bond acceptors (Lipinski definition) is 3. The maximum atomic E-state index is 5.28. The Morgan fingerprint density at radius 1 is 1.78 bits per heavy atom. The molecular formula is C6H9NOS. The highest BCUT2D eigenvalue weighted by Gasteiger charge is 2.28. The van der Waals surface area contributed by atoms with Gasteiger partial charge in [-0.05, 0) is 32.0 Å². The van der Waals surface area contributed by atoms with E-state index in [0.29, 0.717) is 0 Å². The van der Waals surface area contributed by atoms with Crippen molar-refractivity contribution in [1.82, 2.24) is 0 Å². The number of isothiocyanates is 1. The highest BCUT2D eigenvalue weighted by atomic mass is 32.1. The van der Waals surface area contributed by atoms with Gasteiger partial charge in [0, 0.05) is 6.61 Å². The van der Waals surface area contributed by atoms with Crippen LogP contribution in [0.15, 0.2) is 4.99 Å². The summed E-state index contributed by atoms with van der Waals surface area (Å²) in [5.74, 6) is 0. The molecule has 0 radical (unpaired) electrons. The van der Waals surface area contributed by atoms with E-state index >= 15 is 0 Å². The number of thiocarbonyl (C=S) groups is 1. The fourth-order valence-electron chi connectivity index (χ4n) is 0.949. The van der Waals surface area contributed by atoms with Gasteiger partial charge in [0.2, 0.25) is 0 Å². The van der Waals surface area contributed by atoms with Gasteiger partial charge in [-0.3, -0.25) is 0 Å². The Morgan fingerprint density at radius 3 is 3.00 bits per heavy atom. The summed E-state index contributed by atoms with van der Waals surface area (Å²) in [6, 6.07) is 0. The molecule has 0 unspecified atom stereocenters. The standard InChI is InChI=1S/C6H9NOS/c1-6(7-5-9)3-2-4-8-6/h2-4H2,1H3/t6-/m0/s1. The van der Waals surface area contributed by atoms with Crippen LogP contribution < -0.4 is 0 Å². The van der Waals surface area contributed by atoms with E-state index < -0.39 is 0 Å². The molecule has 1 atom stereocenters. The molecule has 0 bridgehead atoms. The van der Waals surface area contributed by atoms with Crippen LogP contribution in [-0.2, 0) is 4.74 Å². The van der Waals surface area contributed by atoms with Crippen molar-refractivity contribution < 1.29 is 4.74 Å². The fourth-order valence-corrected chi connectivity index (χ4v) is 1.14. The van der Waals surface area contributed by atoms with Crippen molar-refractivity contribution in [2.75, 3.05) is 6.61 Å². The molecule has 1 heterocycles. The largest absolute Gasteiger partial charge is 0.353 e. The lowest BCUT2D eigenvalue weighted by molar-refractivity contribution is 0.0290. The molecule has 0 saturated carbocycles. The molecule has 50 valence electrons. The highest BCUT2D eigenvalue weighted by molar-refractivity contribution is 7.78. The monoisotopic (exact) mass is 143 g/mol. The molecule has 0 aromatic rings. The van der Waals surface area contributed by atoms with Crippen molar-refractivity contribution in [3.05, 3.63) is 0 Å². The Morgan fingerprint density at radius 2 is 2.56 bits per heavy atom. The molecule has 3 heteroatoms. The lowest BCUT2D eigenvalue weighted by Crippen LogP contribution is -2.18. The molecule has 2 nitrogen and oxygen atoms in total. The van der Waals surface area contributed by atoms with Gasteiger partial charge in [0.05, 0.1) is 5.16 Å². The summed E-state index contributed by atoms with van der Waals surface area (Å²) in [6.45, 7) is 2.73. The van der Waals surface area contributed by atoms with Gasteiger partial charge in [-0.25, -0.2) is 0 Å². The van der Waals surface area contributed by atoms with Crippen LogP contribution in [0.3, 0.4) is 0 Å². The summed E-state index contributed by atoms with van der Waals surface area (Å²) in [6.07, 6.45) is 2.05. The molecule has 1 rings (SSSR count). The number of aliphatic imine (C=N–C) groups is 1. The molecule has 0 N–H and O–H groups in total. The summed E-state index contributed by atoms with van der Waals surface area (Å²) in [4.78, 5) is 3.90. The van der Waals surface area contributed by atoms with Crippen molar-refractivity contribution in [3.63, 3.8) is 0 Å². The second-order valence-electron chi connectivity index (χ2n) is 2.33. The molecule has 0 aromatic heterocycles. The Hall–Kier alpha value is -0.240. The SMILES string of the molecule is C[C@@]1(N=C=S)CCCO1. The lowest BCUT2D eigenvalue weighted by atomic mass is 10.2. The maximum Gasteiger partial charge on any atom is 0.165 e. The minimum Gasteiger partial charge on any atom is -0.353 e. The molecule has 0 amide bonds. The number of ether oxygens (including phenoxy) is 1. The fraction of sp³-hybridized carbons (Fsp3) is 0.833. The molecular weight excluding hydrogens is 134 g/mol. The first-order valence-corrected chi connectivity index (χ1v) is 3.41. The second-order valence-corrected chi connectivity index (χ2v) is 2.51. The summed E-state index contributed by atoms with van der Waals surface area (Å²) < 4.78 is 5.28. The minimum atomic E-state index is -0.345. The molecule has 0 spiro atoms. The Labute approximate surface area is 59.9 Å². The third-order valence-electron chi connectivity index (χ3n) is 1.48. The third-order valence-corrected chi connectivity index (χ3v) is 1.57. The van der Waals surface area contributed by atoms with Crippen LogP contribution in [0, 0.1) is 0 Å². The molecule has 1 fully saturated rings. The zero-order valence-corrected chi connectivity index (χ0v) is 6.20. The summed E-state index contributed by atoms with van der Waals surface area (Å²) in [7, 11) is 0. The van der Waals surface area contributed by atoms with Gasteiger partial charge >= 0.3 is 0 Å². The van der Waals surface area contributed by atoms with Crippen LogP contribution in [0.25, 0.3) is 0 Å². The first kappa shape index (κ1) is 6.87. The van der Waals surface area contributed by atoms with Gasteiger partial charge in [-0.15, -0.1) is 0 Å². The summed E-state index contributed by atoms with van der Waals surface area (Å²) in [5.41, 5.74) is -0.345. The molecule has 1 saturated heterocycles. The van der Waals surface area contributed by atoms with Gasteiger partial charge in [-0.2, -0.15) is 4.99 Å². The zero-order valence-electron chi connectivity index (χ0n) is 5.39. The average molecular weight is 143 g/mol. The van der Waals surface area contributed by atoms with E-state index in [0.717, 1.165) is 19.4 Å². The Kier molecular flexibility index (Phi) is 1.96. The predicted molar refractivity (Wildman–Crippen MR) is 38.6 cm³/mol. The molecule has 0 aliphatic carbocycles. The molecule has 1 aliphatic rings. The van der Waals surface area contributed by atoms with Crippen molar-refractivity contribution in [3.8, 4) is 0 Å². The number of hydrogen-bond donors (Lipinski definition) is 0. The van der Waals surface area contributed by atoms with Crippen LogP contribution in [0.2, 0.25) is 0 Å². The van der Waals surface area contributed by atoms with Crippen molar-refractivity contribution >= 4 is 17.4 Å². The van der Waals surface area contributed by atoms with E-state index in [4.69, 9.17) is 4.74 Å². The van der Waals surface area contributed by atoms with Crippen LogP contribution in [-0.4, -0.2) is 17.5 Å². The quantitative estimate of drug-likeness (QED) is 0.411. The Balaban J connectivity index is 2.61. The topological polar surface area (TPSA) is 21.6 Å². The summed E-state index contributed by atoms with van der Waals surface area (Å²) >= 11 is 4.46. The van der Waals surface area contributed by atoms with E-state index in [2.05, 4.69) is 22.4 Å². The smallest absolute Gasteiger partial charge is 0.165 e. The van der Waals surface area contributed by atoms with Gasteiger partial charge < -0.3 is 4.74 Å². The van der Waals surface area contributed by atoms with E-state index in [1.807, 2.05) is 6.92 Å². The van der Waals surface area contributed by atoms with E-state index in [1.165, 1.54) is 0 Å². The van der Waals surface area contributed by atoms with Gasteiger partial charge in [0.25, 0.3) is 0 Å². The first-order chi connectivity index (χ1) is 4.27. The molecule has 9 heavy (non-hydrogen) atoms. The normalized spacial score (nSPS) is 33.9. The average Bonchev–Trinajstić information content (AvgIpc) is 2.16. The van der Waals surface area contributed by atoms with Crippen molar-refractivity contribution in [1.29, 1.82) is 0 Å². The molecule has 0 aromatic carbocycles. The highest BCUT2D eigenvalue weighted by Crippen LogP contribution is 2.25. The lowest BCUT2D eigenvalue weighted by Gasteiger charge is -2.14. The van der Waals surface area contributed by atoms with Crippen molar-refractivity contribution in [2.24, 2.45) is 4.99 Å². The maximum absolute atomic E-state index is 5.28. The first-order valence-electron chi connectivity index (χ1n) is 3.00. The number of nitrogens with zero attached hydrogens (tertiary/aromatic N) is 1. The van der Waals surface area contributed by atoms with Gasteiger partial charge in [0.15, 0.2) is 5.72 Å². The minimum absolute atomic E-state index is 0.345.